The quantitative estimate of drug-likeness (QED) is 0.0907. The second kappa shape index (κ2) is 17.8. The highest BCUT2D eigenvalue weighted by molar-refractivity contribution is 5.05. The first-order chi connectivity index (χ1) is 25.8. The fourth-order valence-electron chi connectivity index (χ4n) is 11.5. The lowest BCUT2D eigenvalue weighted by Gasteiger charge is -2.53. The largest absolute Gasteiger partial charge is 0.378 e. The normalized spacial score (nSPS) is 39.2. The molecule has 4 saturated heterocycles. The summed E-state index contributed by atoms with van der Waals surface area (Å²) in [6, 6.07) is 0. The summed E-state index contributed by atoms with van der Waals surface area (Å²) in [5.74, 6) is 1.93. The standard InChI is InChI=1S/C49H96N4O4/c1-32(2)46(17)28-36(24-42(9,10)50-46)54-23-21-22-40(55-37-25-43(11,12)51-47(18,29-37)33(3)4)41(56-38-26-44(13,14)52-48(19,30-38)34(5)6)57-39-27-45(15,16)53-49(20,31-39)35(7)8/h32-41,50-53H,21-31H2,1-20H3. The molecule has 8 heteroatoms. The number of nitrogens with one attached hydrogen (secondary N) is 4. The van der Waals surface area contributed by atoms with Crippen molar-refractivity contribution in [2.24, 2.45) is 23.7 Å². The van der Waals surface area contributed by atoms with Gasteiger partial charge < -0.3 is 40.2 Å². The van der Waals surface area contributed by atoms with Gasteiger partial charge in [0.25, 0.3) is 0 Å². The van der Waals surface area contributed by atoms with Crippen LogP contribution in [0.5, 0.6) is 0 Å². The van der Waals surface area contributed by atoms with E-state index in [0.29, 0.717) is 30.3 Å². The van der Waals surface area contributed by atoms with Crippen LogP contribution in [-0.4, -0.2) is 87.7 Å². The van der Waals surface area contributed by atoms with E-state index < -0.39 is 6.29 Å². The maximum absolute atomic E-state index is 7.52. The predicted octanol–water partition coefficient (Wildman–Crippen LogP) is 10.3. The summed E-state index contributed by atoms with van der Waals surface area (Å²) in [5, 5.41) is 16.0. The zero-order valence-corrected chi connectivity index (χ0v) is 41.2. The van der Waals surface area contributed by atoms with Crippen LogP contribution < -0.4 is 21.3 Å². The molecule has 336 valence electrons. The van der Waals surface area contributed by atoms with E-state index in [1.54, 1.807) is 0 Å². The summed E-state index contributed by atoms with van der Waals surface area (Å²) in [4.78, 5) is 0. The first-order valence-electron chi connectivity index (χ1n) is 23.5. The minimum Gasteiger partial charge on any atom is -0.378 e. The highest BCUT2D eigenvalue weighted by atomic mass is 16.7. The summed E-state index contributed by atoms with van der Waals surface area (Å²) in [6.45, 7) is 47.7. The van der Waals surface area contributed by atoms with Crippen molar-refractivity contribution in [1.82, 2.24) is 21.3 Å². The zero-order valence-electron chi connectivity index (χ0n) is 41.2. The molecule has 4 heterocycles. The van der Waals surface area contributed by atoms with E-state index >= 15 is 0 Å². The highest BCUT2D eigenvalue weighted by Crippen LogP contribution is 2.42. The molecular formula is C49H96N4O4. The Labute approximate surface area is 353 Å². The molecular weight excluding hydrogens is 709 g/mol. The van der Waals surface area contributed by atoms with Crippen molar-refractivity contribution >= 4 is 0 Å². The van der Waals surface area contributed by atoms with E-state index in [2.05, 4.69) is 160 Å². The third-order valence-electron chi connectivity index (χ3n) is 15.5. The summed E-state index contributed by atoms with van der Waals surface area (Å²) < 4.78 is 29.3. The van der Waals surface area contributed by atoms with Crippen LogP contribution in [0.4, 0.5) is 0 Å². The van der Waals surface area contributed by atoms with E-state index in [9.17, 15) is 0 Å². The number of rotatable bonds is 16. The maximum Gasteiger partial charge on any atom is 0.184 e. The number of hydrogen-bond donors (Lipinski definition) is 4. The van der Waals surface area contributed by atoms with Gasteiger partial charge in [0.15, 0.2) is 6.29 Å². The van der Waals surface area contributed by atoms with E-state index in [1.165, 1.54) is 0 Å². The Kier molecular flexibility index (Phi) is 15.4. The maximum atomic E-state index is 7.52. The summed E-state index contributed by atoms with van der Waals surface area (Å²) in [6.07, 6.45) is 9.12. The van der Waals surface area contributed by atoms with Gasteiger partial charge >= 0.3 is 0 Å². The molecule has 0 saturated carbocycles. The lowest BCUT2D eigenvalue weighted by Crippen LogP contribution is -2.65. The molecule has 4 fully saturated rings. The second-order valence-corrected chi connectivity index (χ2v) is 24.8. The SMILES string of the molecule is CC(C)C1(C)CC(OCCCC(OC2CC(C)(C)NC(C)(C(C)C)C2)C(OC2CC(C)(C)NC(C)(C(C)C)C2)OC2CC(C)(C)NC(C)(C(C)C)C2)CC(C)(C)N1. The first kappa shape index (κ1) is 49.3. The highest BCUT2D eigenvalue weighted by Gasteiger charge is 2.49. The summed E-state index contributed by atoms with van der Waals surface area (Å²) >= 11 is 0. The molecule has 0 aliphatic carbocycles. The van der Waals surface area contributed by atoms with Gasteiger partial charge in [-0.15, -0.1) is 0 Å². The average Bonchev–Trinajstić information content (AvgIpc) is 2.98. The number of ether oxygens (including phenoxy) is 4. The van der Waals surface area contributed by atoms with Gasteiger partial charge in [-0.2, -0.15) is 0 Å². The van der Waals surface area contributed by atoms with Crippen molar-refractivity contribution in [2.45, 2.75) is 284 Å². The first-order valence-corrected chi connectivity index (χ1v) is 23.5. The third-order valence-corrected chi connectivity index (χ3v) is 15.5. The van der Waals surface area contributed by atoms with Gasteiger partial charge in [-0.3, -0.25) is 0 Å². The molecule has 8 nitrogen and oxygen atoms in total. The average molecular weight is 805 g/mol. The van der Waals surface area contributed by atoms with E-state index in [-0.39, 0.29) is 74.8 Å². The van der Waals surface area contributed by atoms with Crippen molar-refractivity contribution < 1.29 is 18.9 Å². The van der Waals surface area contributed by atoms with Crippen LogP contribution >= 0.6 is 0 Å². The van der Waals surface area contributed by atoms with Crippen LogP contribution in [0, 0.1) is 23.7 Å². The number of piperidine rings is 4. The van der Waals surface area contributed by atoms with Crippen molar-refractivity contribution in [1.29, 1.82) is 0 Å². The summed E-state index contributed by atoms with van der Waals surface area (Å²) in [7, 11) is 0. The molecule has 4 aliphatic rings. The van der Waals surface area contributed by atoms with Gasteiger partial charge in [0.1, 0.15) is 6.10 Å². The molecule has 0 aromatic rings. The molecule has 4 rings (SSSR count). The summed E-state index contributed by atoms with van der Waals surface area (Å²) in [5.41, 5.74) is -0.198. The Morgan fingerprint density at radius 2 is 0.684 bits per heavy atom. The van der Waals surface area contributed by atoms with Crippen molar-refractivity contribution in [2.75, 3.05) is 6.61 Å². The minimum atomic E-state index is -0.485. The lowest BCUT2D eigenvalue weighted by atomic mass is 9.74. The molecule has 0 bridgehead atoms. The fraction of sp³-hybridized carbons (Fsp3) is 1.00. The Morgan fingerprint density at radius 1 is 0.404 bits per heavy atom. The Bertz CT molecular complexity index is 1250. The van der Waals surface area contributed by atoms with Gasteiger partial charge in [-0.1, -0.05) is 55.4 Å². The molecule has 9 unspecified atom stereocenters. The Morgan fingerprint density at radius 3 is 1.00 bits per heavy atom. The van der Waals surface area contributed by atoms with Gasteiger partial charge in [-0.05, 0) is 171 Å². The fourth-order valence-corrected chi connectivity index (χ4v) is 11.5. The second-order valence-electron chi connectivity index (χ2n) is 24.8. The van der Waals surface area contributed by atoms with Crippen molar-refractivity contribution in [3.05, 3.63) is 0 Å². The third kappa shape index (κ3) is 13.1. The van der Waals surface area contributed by atoms with Crippen LogP contribution in [0.25, 0.3) is 0 Å². The molecule has 4 aliphatic heterocycles. The monoisotopic (exact) mass is 805 g/mol. The van der Waals surface area contributed by atoms with Crippen molar-refractivity contribution in [3.63, 3.8) is 0 Å². The van der Waals surface area contributed by atoms with Gasteiger partial charge in [0.2, 0.25) is 0 Å². The van der Waals surface area contributed by atoms with Gasteiger partial charge in [0, 0.05) is 50.9 Å². The lowest BCUT2D eigenvalue weighted by molar-refractivity contribution is -0.273. The molecule has 4 N–H and O–H groups in total. The van der Waals surface area contributed by atoms with Gasteiger partial charge in [-0.25, -0.2) is 0 Å². The van der Waals surface area contributed by atoms with Crippen LogP contribution in [0.1, 0.15) is 203 Å². The van der Waals surface area contributed by atoms with E-state index in [1.807, 2.05) is 0 Å². The van der Waals surface area contributed by atoms with Crippen LogP contribution in [-0.2, 0) is 18.9 Å². The Balaban J connectivity index is 1.68. The molecule has 0 radical (unpaired) electrons. The molecule has 0 amide bonds. The van der Waals surface area contributed by atoms with E-state index in [4.69, 9.17) is 18.9 Å². The molecule has 9 atom stereocenters. The number of hydrogen-bond acceptors (Lipinski definition) is 8. The molecule has 0 aromatic heterocycles. The van der Waals surface area contributed by atoms with Crippen molar-refractivity contribution in [3.8, 4) is 0 Å². The van der Waals surface area contributed by atoms with Crippen LogP contribution in [0.15, 0.2) is 0 Å². The van der Waals surface area contributed by atoms with E-state index in [0.717, 1.165) is 64.2 Å². The zero-order chi connectivity index (χ0) is 43.2. The molecule has 0 spiro atoms. The van der Waals surface area contributed by atoms with Crippen LogP contribution in [0.3, 0.4) is 0 Å². The molecule has 57 heavy (non-hydrogen) atoms. The van der Waals surface area contributed by atoms with Crippen LogP contribution in [0.2, 0.25) is 0 Å². The Hall–Kier alpha value is -0.320. The predicted molar refractivity (Wildman–Crippen MR) is 240 cm³/mol. The molecule has 0 aromatic carbocycles. The topological polar surface area (TPSA) is 85.0 Å². The smallest absolute Gasteiger partial charge is 0.184 e. The van der Waals surface area contributed by atoms with Gasteiger partial charge in [0.05, 0.1) is 24.4 Å². The minimum absolute atomic E-state index is 0.0293.